The van der Waals surface area contributed by atoms with Crippen LogP contribution in [-0.2, 0) is 0 Å². The van der Waals surface area contributed by atoms with Crippen LogP contribution in [0.15, 0.2) is 60.0 Å². The Morgan fingerprint density at radius 2 is 2.04 bits per heavy atom. The molecule has 6 nitrogen and oxygen atoms in total. The average Bonchev–Trinajstić information content (AvgIpc) is 3.15. The Kier molecular flexibility index (Phi) is 3.55. The molecule has 0 radical (unpaired) electrons. The topological polar surface area (TPSA) is 63.9 Å². The highest BCUT2D eigenvalue weighted by molar-refractivity contribution is 7.99. The molecular weight excluding hydrogens is 310 g/mol. The van der Waals surface area contributed by atoms with Gasteiger partial charge in [-0.1, -0.05) is 17.3 Å². The lowest BCUT2D eigenvalue weighted by Gasteiger charge is -2.29. The Hall–Kier alpha value is -2.67. The third-order valence-electron chi connectivity index (χ3n) is 3.67. The second-order valence-corrected chi connectivity index (χ2v) is 6.15. The fourth-order valence-electron chi connectivity index (χ4n) is 2.61. The van der Waals surface area contributed by atoms with E-state index in [1.165, 1.54) is 0 Å². The summed E-state index contributed by atoms with van der Waals surface area (Å²) in [5.74, 6) is 0.819. The van der Waals surface area contributed by atoms with E-state index in [4.69, 9.17) is 0 Å². The number of nitrogens with zero attached hydrogens (tertiary/aromatic N) is 5. The minimum absolute atomic E-state index is 0.0503. The summed E-state index contributed by atoms with van der Waals surface area (Å²) in [5.41, 5.74) is 2.18. The largest absolute Gasteiger partial charge is 0.305 e. The number of fused-ring (bicyclic) bond motifs is 1. The molecule has 3 aromatic rings. The molecule has 3 heterocycles. The van der Waals surface area contributed by atoms with Gasteiger partial charge >= 0.3 is 0 Å². The van der Waals surface area contributed by atoms with E-state index >= 15 is 0 Å². The van der Waals surface area contributed by atoms with E-state index in [9.17, 15) is 4.79 Å². The van der Waals surface area contributed by atoms with Crippen LogP contribution >= 0.6 is 11.8 Å². The van der Waals surface area contributed by atoms with Gasteiger partial charge in [0.1, 0.15) is 0 Å². The molecule has 0 aliphatic carbocycles. The van der Waals surface area contributed by atoms with Gasteiger partial charge in [-0.15, -0.1) is 16.9 Å². The predicted molar refractivity (Wildman–Crippen MR) is 88.0 cm³/mol. The molecule has 2 aromatic heterocycles. The summed E-state index contributed by atoms with van der Waals surface area (Å²) in [6.07, 6.45) is 6.83. The highest BCUT2D eigenvalue weighted by atomic mass is 32.2. The van der Waals surface area contributed by atoms with E-state index in [1.807, 2.05) is 30.3 Å². The maximum Gasteiger partial charge on any atom is 0.260 e. The van der Waals surface area contributed by atoms with Gasteiger partial charge < -0.3 is 4.90 Å². The van der Waals surface area contributed by atoms with Crippen molar-refractivity contribution in [1.29, 1.82) is 0 Å². The summed E-state index contributed by atoms with van der Waals surface area (Å²) in [4.78, 5) is 20.1. The van der Waals surface area contributed by atoms with Crippen LogP contribution in [0, 0.1) is 0 Å². The van der Waals surface area contributed by atoms with Gasteiger partial charge in [0.25, 0.3) is 5.91 Å². The van der Waals surface area contributed by atoms with Gasteiger partial charge in [0.2, 0.25) is 0 Å². The average molecular weight is 323 g/mol. The third-order valence-corrected chi connectivity index (χ3v) is 4.72. The molecule has 23 heavy (non-hydrogen) atoms. The number of aromatic nitrogens is 4. The van der Waals surface area contributed by atoms with Gasteiger partial charge in [0.05, 0.1) is 35.5 Å². The minimum atomic E-state index is -0.0503. The fourth-order valence-corrected chi connectivity index (χ4v) is 3.57. The number of benzene rings is 1. The molecule has 1 aliphatic rings. The van der Waals surface area contributed by atoms with Crippen LogP contribution < -0.4 is 4.90 Å². The molecular formula is C16H13N5OS. The Bertz CT molecular complexity index is 849. The number of anilines is 1. The van der Waals surface area contributed by atoms with Crippen molar-refractivity contribution in [2.75, 3.05) is 17.2 Å². The number of amides is 1. The Labute approximate surface area is 137 Å². The van der Waals surface area contributed by atoms with E-state index in [0.717, 1.165) is 22.0 Å². The Balaban J connectivity index is 1.77. The molecule has 1 amide bonds. The van der Waals surface area contributed by atoms with Crippen molar-refractivity contribution in [3.63, 3.8) is 0 Å². The third kappa shape index (κ3) is 2.49. The molecule has 4 rings (SSSR count). The quantitative estimate of drug-likeness (QED) is 0.725. The number of para-hydroxylation sites is 1. The molecule has 0 N–H and O–H groups in total. The van der Waals surface area contributed by atoms with Gasteiger partial charge in [-0.05, 0) is 18.2 Å². The van der Waals surface area contributed by atoms with Gasteiger partial charge in [-0.25, -0.2) is 4.68 Å². The molecule has 0 saturated heterocycles. The zero-order chi connectivity index (χ0) is 15.6. The number of pyridine rings is 1. The highest BCUT2D eigenvalue weighted by Crippen LogP contribution is 2.34. The molecule has 0 spiro atoms. The summed E-state index contributed by atoms with van der Waals surface area (Å²) in [5, 5.41) is 7.82. The molecule has 1 aromatic carbocycles. The second-order valence-electron chi connectivity index (χ2n) is 5.01. The van der Waals surface area contributed by atoms with E-state index in [2.05, 4.69) is 15.3 Å². The number of thioether (sulfide) groups is 1. The van der Waals surface area contributed by atoms with E-state index in [0.29, 0.717) is 12.1 Å². The zero-order valence-electron chi connectivity index (χ0n) is 12.2. The van der Waals surface area contributed by atoms with Gasteiger partial charge in [-0.2, -0.15) is 0 Å². The normalized spacial score (nSPS) is 13.7. The van der Waals surface area contributed by atoms with Crippen LogP contribution in [0.3, 0.4) is 0 Å². The molecule has 0 saturated carbocycles. The highest BCUT2D eigenvalue weighted by Gasteiger charge is 2.26. The van der Waals surface area contributed by atoms with Crippen molar-refractivity contribution in [3.05, 3.63) is 60.7 Å². The first-order chi connectivity index (χ1) is 11.3. The Morgan fingerprint density at radius 3 is 2.91 bits per heavy atom. The van der Waals surface area contributed by atoms with Crippen LogP contribution in [0.5, 0.6) is 0 Å². The standard InChI is InChI=1S/C16H13N5OS/c22-16(20-9-10-23-15-5-6-17-11-14(15)20)12-3-1-2-4-13(12)21-8-7-18-19-21/h1-8,11H,9-10H2. The van der Waals surface area contributed by atoms with Crippen molar-refractivity contribution < 1.29 is 4.79 Å². The first kappa shape index (κ1) is 14.0. The molecule has 0 atom stereocenters. The predicted octanol–water partition coefficient (Wildman–Crippen LogP) is 2.41. The van der Waals surface area contributed by atoms with Crippen molar-refractivity contribution in [2.24, 2.45) is 0 Å². The number of carbonyl (C=O) groups is 1. The van der Waals surface area contributed by atoms with E-state index in [-0.39, 0.29) is 5.91 Å². The van der Waals surface area contributed by atoms with Crippen LogP contribution in [0.2, 0.25) is 0 Å². The lowest BCUT2D eigenvalue weighted by Crippen LogP contribution is -2.36. The maximum absolute atomic E-state index is 13.1. The van der Waals surface area contributed by atoms with Crippen molar-refractivity contribution in [3.8, 4) is 5.69 Å². The minimum Gasteiger partial charge on any atom is -0.305 e. The maximum atomic E-state index is 13.1. The lowest BCUT2D eigenvalue weighted by molar-refractivity contribution is 0.0987. The first-order valence-electron chi connectivity index (χ1n) is 7.19. The molecule has 0 bridgehead atoms. The number of hydrogen-bond acceptors (Lipinski definition) is 5. The van der Waals surface area contributed by atoms with Gasteiger partial charge in [0, 0.05) is 23.4 Å². The first-order valence-corrected chi connectivity index (χ1v) is 8.17. The van der Waals surface area contributed by atoms with E-state index < -0.39 is 0 Å². The van der Waals surface area contributed by atoms with Crippen molar-refractivity contribution in [1.82, 2.24) is 20.0 Å². The van der Waals surface area contributed by atoms with Gasteiger partial charge in [-0.3, -0.25) is 9.78 Å². The smallest absolute Gasteiger partial charge is 0.260 e. The zero-order valence-corrected chi connectivity index (χ0v) is 13.0. The monoisotopic (exact) mass is 323 g/mol. The van der Waals surface area contributed by atoms with Crippen LogP contribution in [0.25, 0.3) is 5.69 Å². The second kappa shape index (κ2) is 5.85. The SMILES string of the molecule is O=C(c1ccccc1-n1ccnn1)N1CCSc2ccncc21. The number of hydrogen-bond donors (Lipinski definition) is 0. The summed E-state index contributed by atoms with van der Waals surface area (Å²) >= 11 is 1.75. The van der Waals surface area contributed by atoms with Crippen LogP contribution in [0.1, 0.15) is 10.4 Å². The number of carbonyl (C=O) groups excluding carboxylic acids is 1. The molecule has 7 heteroatoms. The summed E-state index contributed by atoms with van der Waals surface area (Å²) in [7, 11) is 0. The van der Waals surface area contributed by atoms with Crippen LogP contribution in [0.4, 0.5) is 5.69 Å². The summed E-state index contributed by atoms with van der Waals surface area (Å²) in [6, 6.07) is 9.37. The lowest BCUT2D eigenvalue weighted by atomic mass is 10.1. The summed E-state index contributed by atoms with van der Waals surface area (Å²) in [6.45, 7) is 0.661. The van der Waals surface area contributed by atoms with Crippen LogP contribution in [-0.4, -0.2) is 38.2 Å². The number of rotatable bonds is 2. The van der Waals surface area contributed by atoms with E-state index in [1.54, 1.807) is 46.1 Å². The van der Waals surface area contributed by atoms with Crippen molar-refractivity contribution in [2.45, 2.75) is 4.90 Å². The molecule has 1 aliphatic heterocycles. The summed E-state index contributed by atoms with van der Waals surface area (Å²) < 4.78 is 1.61. The Morgan fingerprint density at radius 1 is 1.13 bits per heavy atom. The van der Waals surface area contributed by atoms with Crippen molar-refractivity contribution >= 4 is 23.4 Å². The van der Waals surface area contributed by atoms with Gasteiger partial charge in [0.15, 0.2) is 0 Å². The molecule has 114 valence electrons. The fraction of sp³-hybridized carbons (Fsp3) is 0.125. The molecule has 0 unspecified atom stereocenters. The molecule has 0 fully saturated rings.